The summed E-state index contributed by atoms with van der Waals surface area (Å²) < 4.78 is 24.2. The molecule has 6 heteroatoms. The molecule has 1 aromatic carbocycles. The second-order valence-corrected chi connectivity index (χ2v) is 7.53. The van der Waals surface area contributed by atoms with Crippen LogP contribution in [-0.2, 0) is 21.2 Å². The SMILES string of the molecule is CN(c1ccc(CC(=O)N2CCCCC2)cc1)S(C)(=O)=O. The molecular formula is C15H22N2O3S. The summed E-state index contributed by atoms with van der Waals surface area (Å²) in [5, 5.41) is 0. The normalized spacial score (nSPS) is 15.8. The van der Waals surface area contributed by atoms with Gasteiger partial charge in [-0.05, 0) is 37.0 Å². The molecule has 0 atom stereocenters. The van der Waals surface area contributed by atoms with E-state index >= 15 is 0 Å². The first-order valence-electron chi connectivity index (χ1n) is 7.18. The van der Waals surface area contributed by atoms with E-state index in [1.807, 2.05) is 17.0 Å². The minimum absolute atomic E-state index is 0.152. The summed E-state index contributed by atoms with van der Waals surface area (Å²) in [5.74, 6) is 0.152. The molecule has 1 saturated heterocycles. The molecule has 1 amide bonds. The summed E-state index contributed by atoms with van der Waals surface area (Å²) in [7, 11) is -1.73. The van der Waals surface area contributed by atoms with Crippen LogP contribution in [0.15, 0.2) is 24.3 Å². The summed E-state index contributed by atoms with van der Waals surface area (Å²) in [4.78, 5) is 14.1. The Kier molecular flexibility index (Phi) is 4.88. The Morgan fingerprint density at radius 1 is 1.14 bits per heavy atom. The van der Waals surface area contributed by atoms with Gasteiger partial charge < -0.3 is 4.90 Å². The Morgan fingerprint density at radius 2 is 1.71 bits per heavy atom. The molecule has 0 saturated carbocycles. The maximum atomic E-state index is 12.2. The number of hydrogen-bond donors (Lipinski definition) is 0. The van der Waals surface area contributed by atoms with Gasteiger partial charge in [0.2, 0.25) is 15.9 Å². The van der Waals surface area contributed by atoms with Crippen LogP contribution in [0, 0.1) is 0 Å². The molecule has 0 aromatic heterocycles. The predicted octanol–water partition coefficient (Wildman–Crippen LogP) is 1.64. The minimum atomic E-state index is -3.25. The molecule has 1 aromatic rings. The van der Waals surface area contributed by atoms with Gasteiger partial charge in [0.15, 0.2) is 0 Å². The lowest BCUT2D eigenvalue weighted by atomic mass is 10.1. The first-order valence-corrected chi connectivity index (χ1v) is 9.03. The van der Waals surface area contributed by atoms with Crippen LogP contribution in [0.5, 0.6) is 0 Å². The van der Waals surface area contributed by atoms with Crippen molar-refractivity contribution < 1.29 is 13.2 Å². The lowest BCUT2D eigenvalue weighted by Gasteiger charge is -2.26. The van der Waals surface area contributed by atoms with Crippen molar-refractivity contribution in [2.24, 2.45) is 0 Å². The molecule has 116 valence electrons. The fourth-order valence-electron chi connectivity index (χ4n) is 2.44. The standard InChI is InChI=1S/C15H22N2O3S/c1-16(21(2,19)20)14-8-6-13(7-9-14)12-15(18)17-10-4-3-5-11-17/h6-9H,3-5,10-12H2,1-2H3. The molecule has 1 fully saturated rings. The molecule has 1 aliphatic rings. The van der Waals surface area contributed by atoms with Crippen molar-refractivity contribution in [1.82, 2.24) is 4.90 Å². The second-order valence-electron chi connectivity index (χ2n) is 5.52. The summed E-state index contributed by atoms with van der Waals surface area (Å²) in [6, 6.07) is 7.11. The molecule has 0 bridgehead atoms. The van der Waals surface area contributed by atoms with Gasteiger partial charge in [0, 0.05) is 20.1 Å². The molecule has 21 heavy (non-hydrogen) atoms. The second kappa shape index (κ2) is 6.47. The van der Waals surface area contributed by atoms with Crippen LogP contribution in [-0.4, -0.2) is 45.6 Å². The molecular weight excluding hydrogens is 288 g/mol. The molecule has 1 heterocycles. The van der Waals surface area contributed by atoms with Gasteiger partial charge >= 0.3 is 0 Å². The lowest BCUT2D eigenvalue weighted by molar-refractivity contribution is -0.131. The number of carbonyl (C=O) groups excluding carboxylic acids is 1. The van der Waals surface area contributed by atoms with Crippen molar-refractivity contribution in [3.63, 3.8) is 0 Å². The van der Waals surface area contributed by atoms with Crippen LogP contribution in [0.3, 0.4) is 0 Å². The third kappa shape index (κ3) is 4.20. The maximum Gasteiger partial charge on any atom is 0.231 e. The van der Waals surface area contributed by atoms with Crippen LogP contribution < -0.4 is 4.31 Å². The summed E-state index contributed by atoms with van der Waals surface area (Å²) in [6.45, 7) is 1.71. The van der Waals surface area contributed by atoms with Gasteiger partial charge in [-0.25, -0.2) is 8.42 Å². The zero-order valence-corrected chi connectivity index (χ0v) is 13.4. The van der Waals surface area contributed by atoms with Gasteiger partial charge in [0.05, 0.1) is 18.4 Å². The van der Waals surface area contributed by atoms with Crippen molar-refractivity contribution in [3.8, 4) is 0 Å². The quantitative estimate of drug-likeness (QED) is 0.849. The number of hydrogen-bond acceptors (Lipinski definition) is 3. The first-order chi connectivity index (χ1) is 9.88. The van der Waals surface area contributed by atoms with E-state index < -0.39 is 10.0 Å². The van der Waals surface area contributed by atoms with E-state index in [9.17, 15) is 13.2 Å². The summed E-state index contributed by atoms with van der Waals surface area (Å²) in [6.07, 6.45) is 4.92. The molecule has 1 aliphatic heterocycles. The van der Waals surface area contributed by atoms with Crippen molar-refractivity contribution in [2.75, 3.05) is 30.7 Å². The highest BCUT2D eigenvalue weighted by Gasteiger charge is 2.17. The van der Waals surface area contributed by atoms with Crippen molar-refractivity contribution in [2.45, 2.75) is 25.7 Å². The number of benzene rings is 1. The van der Waals surface area contributed by atoms with Crippen LogP contribution in [0.2, 0.25) is 0 Å². The average Bonchev–Trinajstić information content (AvgIpc) is 2.47. The highest BCUT2D eigenvalue weighted by molar-refractivity contribution is 7.92. The van der Waals surface area contributed by atoms with E-state index in [0.29, 0.717) is 12.1 Å². The number of carbonyl (C=O) groups is 1. The van der Waals surface area contributed by atoms with Gasteiger partial charge in [-0.3, -0.25) is 9.10 Å². The van der Waals surface area contributed by atoms with E-state index in [1.54, 1.807) is 12.1 Å². The van der Waals surface area contributed by atoms with E-state index in [2.05, 4.69) is 0 Å². The van der Waals surface area contributed by atoms with Crippen molar-refractivity contribution >= 4 is 21.6 Å². The zero-order valence-electron chi connectivity index (χ0n) is 12.6. The van der Waals surface area contributed by atoms with Crippen molar-refractivity contribution in [1.29, 1.82) is 0 Å². The monoisotopic (exact) mass is 310 g/mol. The van der Waals surface area contributed by atoms with Gasteiger partial charge in [0.25, 0.3) is 0 Å². The Morgan fingerprint density at radius 3 is 2.24 bits per heavy atom. The third-order valence-electron chi connectivity index (χ3n) is 3.86. The van der Waals surface area contributed by atoms with Crippen LogP contribution in [0.25, 0.3) is 0 Å². The largest absolute Gasteiger partial charge is 0.342 e. The maximum absolute atomic E-state index is 12.2. The Balaban J connectivity index is 2.00. The Labute approximate surface area is 126 Å². The number of piperidine rings is 1. The van der Waals surface area contributed by atoms with E-state index in [4.69, 9.17) is 0 Å². The number of likely N-dealkylation sites (tertiary alicyclic amines) is 1. The number of rotatable bonds is 4. The molecule has 2 rings (SSSR count). The van der Waals surface area contributed by atoms with E-state index in [1.165, 1.54) is 24.0 Å². The third-order valence-corrected chi connectivity index (χ3v) is 5.07. The van der Waals surface area contributed by atoms with Gasteiger partial charge in [-0.1, -0.05) is 12.1 Å². The smallest absolute Gasteiger partial charge is 0.231 e. The van der Waals surface area contributed by atoms with E-state index in [0.717, 1.165) is 31.5 Å². The fraction of sp³-hybridized carbons (Fsp3) is 0.533. The zero-order chi connectivity index (χ0) is 15.5. The highest BCUT2D eigenvalue weighted by atomic mass is 32.2. The van der Waals surface area contributed by atoms with Crippen LogP contribution in [0.1, 0.15) is 24.8 Å². The molecule has 0 radical (unpaired) electrons. The predicted molar refractivity (Wildman–Crippen MR) is 83.8 cm³/mol. The number of amides is 1. The number of anilines is 1. The lowest BCUT2D eigenvalue weighted by Crippen LogP contribution is -2.36. The fourth-order valence-corrected chi connectivity index (χ4v) is 2.95. The molecule has 0 aliphatic carbocycles. The van der Waals surface area contributed by atoms with Gasteiger partial charge in [-0.2, -0.15) is 0 Å². The number of sulfonamides is 1. The molecule has 0 spiro atoms. The van der Waals surface area contributed by atoms with Crippen LogP contribution >= 0.6 is 0 Å². The molecule has 0 unspecified atom stereocenters. The van der Waals surface area contributed by atoms with E-state index in [-0.39, 0.29) is 5.91 Å². The highest BCUT2D eigenvalue weighted by Crippen LogP contribution is 2.17. The Bertz CT molecular complexity index is 590. The van der Waals surface area contributed by atoms with Crippen LogP contribution in [0.4, 0.5) is 5.69 Å². The molecule has 0 N–H and O–H groups in total. The van der Waals surface area contributed by atoms with Crippen molar-refractivity contribution in [3.05, 3.63) is 29.8 Å². The average molecular weight is 310 g/mol. The number of nitrogens with zero attached hydrogens (tertiary/aromatic N) is 2. The topological polar surface area (TPSA) is 57.7 Å². The summed E-state index contributed by atoms with van der Waals surface area (Å²) >= 11 is 0. The first kappa shape index (κ1) is 15.8. The van der Waals surface area contributed by atoms with Gasteiger partial charge in [-0.15, -0.1) is 0 Å². The Hall–Kier alpha value is -1.56. The molecule has 5 nitrogen and oxygen atoms in total. The summed E-state index contributed by atoms with van der Waals surface area (Å²) in [5.41, 5.74) is 1.52. The van der Waals surface area contributed by atoms with Gasteiger partial charge in [0.1, 0.15) is 0 Å². The minimum Gasteiger partial charge on any atom is -0.342 e.